The number of nitrogens with zero attached hydrogens (tertiary/aromatic N) is 2. The van der Waals surface area contributed by atoms with Crippen molar-refractivity contribution in [2.24, 2.45) is 17.4 Å². The minimum atomic E-state index is -2.50. The number of Topliss-reactive ketones (excluding diaryl/α,β-unsaturated/α-hetero) is 1. The van der Waals surface area contributed by atoms with Crippen molar-refractivity contribution in [2.75, 3.05) is 32.8 Å². The lowest BCUT2D eigenvalue weighted by Gasteiger charge is -2.59. The van der Waals surface area contributed by atoms with Gasteiger partial charge < -0.3 is 26.5 Å². The van der Waals surface area contributed by atoms with Crippen molar-refractivity contribution < 1.29 is 34.2 Å². The van der Waals surface area contributed by atoms with Crippen LogP contribution in [0.1, 0.15) is 32.3 Å². The van der Waals surface area contributed by atoms with Gasteiger partial charge in [-0.25, -0.2) is 4.79 Å². The van der Waals surface area contributed by atoms with E-state index in [-0.39, 0.29) is 38.6 Å². The summed E-state index contributed by atoms with van der Waals surface area (Å²) in [7, 11) is 0. The van der Waals surface area contributed by atoms with Gasteiger partial charge in [-0.2, -0.15) is 5.48 Å². The number of primary amides is 1. The first kappa shape index (κ1) is 27.7. The molecule has 0 saturated carbocycles. The number of piperidine rings is 1. The molecule has 0 bridgehead atoms. The first-order chi connectivity index (χ1) is 17.0. The van der Waals surface area contributed by atoms with Crippen LogP contribution in [-0.4, -0.2) is 93.3 Å². The molecule has 2 amide bonds. The van der Waals surface area contributed by atoms with Crippen LogP contribution in [-0.2, 0) is 30.3 Å². The van der Waals surface area contributed by atoms with Crippen LogP contribution in [0.2, 0.25) is 0 Å². The third-order valence-electron chi connectivity index (χ3n) is 7.04. The van der Waals surface area contributed by atoms with Crippen LogP contribution in [0.25, 0.3) is 0 Å². The molecule has 198 valence electrons. The van der Waals surface area contributed by atoms with Gasteiger partial charge in [0.1, 0.15) is 5.54 Å². The van der Waals surface area contributed by atoms with Gasteiger partial charge in [-0.1, -0.05) is 44.2 Å². The lowest BCUT2D eigenvalue weighted by Crippen LogP contribution is -2.86. The van der Waals surface area contributed by atoms with Gasteiger partial charge in [0.15, 0.2) is 5.78 Å². The van der Waals surface area contributed by atoms with E-state index in [1.807, 2.05) is 5.48 Å². The number of carbonyl (C=O) groups is 4. The molecule has 1 aromatic carbocycles. The van der Waals surface area contributed by atoms with Crippen molar-refractivity contribution in [3.63, 3.8) is 0 Å². The van der Waals surface area contributed by atoms with Crippen molar-refractivity contribution in [1.82, 2.24) is 15.3 Å². The van der Waals surface area contributed by atoms with E-state index in [0.717, 1.165) is 4.90 Å². The summed E-state index contributed by atoms with van der Waals surface area (Å²) in [6, 6.07) is 8.35. The summed E-state index contributed by atoms with van der Waals surface area (Å²) in [6.45, 7) is 3.56. The van der Waals surface area contributed by atoms with Crippen LogP contribution < -0.4 is 16.9 Å². The number of hydroxylamine groups is 1. The molecule has 2 saturated heterocycles. The molecule has 7 N–H and O–H groups in total. The summed E-state index contributed by atoms with van der Waals surface area (Å²) in [4.78, 5) is 57.0. The maximum atomic E-state index is 14.4. The molecule has 12 heteroatoms. The average Bonchev–Trinajstić information content (AvgIpc) is 2.83. The number of amides is 2. The molecule has 3 atom stereocenters. The Balaban J connectivity index is 2.37. The number of likely N-dealkylation sites (tertiary alicyclic amines) is 1. The lowest BCUT2D eigenvalue weighted by molar-refractivity contribution is -0.215. The summed E-state index contributed by atoms with van der Waals surface area (Å²) < 4.78 is 5.60. The Morgan fingerprint density at radius 3 is 2.42 bits per heavy atom. The minimum Gasteiger partial charge on any atom is -0.479 e. The molecule has 2 fully saturated rings. The summed E-state index contributed by atoms with van der Waals surface area (Å²) in [5.74, 6) is -4.63. The fourth-order valence-corrected chi connectivity index (χ4v) is 5.50. The molecule has 2 aliphatic rings. The standard InChI is InChI=1S/C24H35N5O7/c1-16(2)12-22(27-35)14-18(30)23(21(33)34,13-17-6-4-3-5-7-17)29(20(22)32)24(19(26)31)15-36-11-10-28(24)9-8-25/h3-7,16,27,35H,8-15,25H2,1-2H3,(H2,26,31)(H,33,34)/t22-,23-,24?/m1/s1. The van der Waals surface area contributed by atoms with Gasteiger partial charge in [-0.3, -0.25) is 24.2 Å². The highest BCUT2D eigenvalue weighted by molar-refractivity contribution is 6.17. The number of nitrogens with two attached hydrogens (primary N) is 2. The smallest absolute Gasteiger partial charge is 0.337 e. The molecule has 1 aromatic rings. The number of hydrogen-bond acceptors (Lipinski definition) is 9. The van der Waals surface area contributed by atoms with E-state index in [4.69, 9.17) is 16.2 Å². The van der Waals surface area contributed by atoms with E-state index in [1.54, 1.807) is 44.2 Å². The van der Waals surface area contributed by atoms with Gasteiger partial charge in [0.05, 0.1) is 13.2 Å². The van der Waals surface area contributed by atoms with E-state index < -0.39 is 59.8 Å². The second-order valence-electron chi connectivity index (χ2n) is 9.87. The summed E-state index contributed by atoms with van der Waals surface area (Å²) in [6.07, 6.45) is -1.01. The number of ketones is 1. The molecule has 12 nitrogen and oxygen atoms in total. The van der Waals surface area contributed by atoms with Gasteiger partial charge in [0, 0.05) is 32.5 Å². The average molecular weight is 506 g/mol. The van der Waals surface area contributed by atoms with E-state index >= 15 is 0 Å². The second-order valence-corrected chi connectivity index (χ2v) is 9.87. The SMILES string of the molecule is CC(C)C[C@@]1(NO)CC(=O)[C@](Cc2ccccc2)(C(=O)O)N(C2(C(N)=O)COCCN2CCN)C1=O. The van der Waals surface area contributed by atoms with E-state index in [9.17, 15) is 29.5 Å². The largest absolute Gasteiger partial charge is 0.479 e. The third-order valence-corrected chi connectivity index (χ3v) is 7.04. The Morgan fingerprint density at radius 2 is 1.89 bits per heavy atom. The number of nitrogens with one attached hydrogen (secondary N) is 1. The lowest BCUT2D eigenvalue weighted by atomic mass is 9.69. The maximum absolute atomic E-state index is 14.4. The van der Waals surface area contributed by atoms with Gasteiger partial charge in [-0.05, 0) is 17.9 Å². The van der Waals surface area contributed by atoms with E-state index in [1.165, 1.54) is 4.90 Å². The number of carbonyl (C=O) groups excluding carboxylic acids is 3. The number of benzene rings is 1. The zero-order chi connectivity index (χ0) is 26.7. The molecule has 36 heavy (non-hydrogen) atoms. The second kappa shape index (κ2) is 10.6. The van der Waals surface area contributed by atoms with E-state index in [0.29, 0.717) is 5.56 Å². The van der Waals surface area contributed by atoms with Gasteiger partial charge in [0.25, 0.3) is 5.91 Å². The predicted octanol–water partition coefficient (Wildman–Crippen LogP) is -0.910. The van der Waals surface area contributed by atoms with Gasteiger partial charge in [-0.15, -0.1) is 0 Å². The van der Waals surface area contributed by atoms with Crippen LogP contribution in [0.4, 0.5) is 0 Å². The fourth-order valence-electron chi connectivity index (χ4n) is 5.50. The summed E-state index contributed by atoms with van der Waals surface area (Å²) >= 11 is 0. The first-order valence-electron chi connectivity index (χ1n) is 11.9. The maximum Gasteiger partial charge on any atom is 0.337 e. The minimum absolute atomic E-state index is 0.00179. The fraction of sp³-hybridized carbons (Fsp3) is 0.583. The van der Waals surface area contributed by atoms with Crippen LogP contribution in [0, 0.1) is 5.92 Å². The van der Waals surface area contributed by atoms with Crippen LogP contribution in [0.15, 0.2) is 30.3 Å². The van der Waals surface area contributed by atoms with Crippen molar-refractivity contribution in [3.8, 4) is 0 Å². The van der Waals surface area contributed by atoms with E-state index in [2.05, 4.69) is 0 Å². The highest BCUT2D eigenvalue weighted by atomic mass is 16.5. The highest BCUT2D eigenvalue weighted by Gasteiger charge is 2.70. The van der Waals surface area contributed by atoms with Crippen LogP contribution >= 0.6 is 0 Å². The van der Waals surface area contributed by atoms with Crippen molar-refractivity contribution in [1.29, 1.82) is 0 Å². The molecule has 0 aromatic heterocycles. The molecular weight excluding hydrogens is 470 g/mol. The normalized spacial score (nSPS) is 29.5. The Bertz CT molecular complexity index is 1000. The Morgan fingerprint density at radius 1 is 1.22 bits per heavy atom. The molecule has 2 aliphatic heterocycles. The zero-order valence-electron chi connectivity index (χ0n) is 20.6. The number of carboxylic acid groups (broad SMARTS) is 1. The monoisotopic (exact) mass is 505 g/mol. The van der Waals surface area contributed by atoms with Crippen molar-refractivity contribution in [2.45, 2.75) is 49.9 Å². The number of rotatable bonds is 10. The predicted molar refractivity (Wildman–Crippen MR) is 127 cm³/mol. The van der Waals surface area contributed by atoms with Crippen LogP contribution in [0.3, 0.4) is 0 Å². The van der Waals surface area contributed by atoms with Crippen molar-refractivity contribution >= 4 is 23.6 Å². The van der Waals surface area contributed by atoms with Gasteiger partial charge in [0.2, 0.25) is 17.1 Å². The molecule has 1 unspecified atom stereocenters. The number of hydrogen-bond donors (Lipinski definition) is 5. The molecule has 3 rings (SSSR count). The number of morpholine rings is 1. The first-order valence-corrected chi connectivity index (χ1v) is 11.9. The molecule has 0 spiro atoms. The van der Waals surface area contributed by atoms with Crippen LogP contribution in [0.5, 0.6) is 0 Å². The summed E-state index contributed by atoms with van der Waals surface area (Å²) in [5.41, 5.74) is 7.67. The third kappa shape index (κ3) is 4.39. The number of aliphatic carboxylic acids is 1. The number of carboxylic acids is 1. The Kier molecular flexibility index (Phi) is 8.16. The molecule has 0 aliphatic carbocycles. The zero-order valence-corrected chi connectivity index (χ0v) is 20.6. The quantitative estimate of drug-likeness (QED) is 0.197. The molecule has 2 heterocycles. The van der Waals surface area contributed by atoms with Crippen molar-refractivity contribution in [3.05, 3.63) is 35.9 Å². The number of ether oxygens (including phenoxy) is 1. The highest BCUT2D eigenvalue weighted by Crippen LogP contribution is 2.43. The topological polar surface area (TPSA) is 189 Å². The molecule has 0 radical (unpaired) electrons. The Labute approximate surface area is 209 Å². The Hall–Kier alpha value is -2.90. The molecular formula is C24H35N5O7. The summed E-state index contributed by atoms with van der Waals surface area (Å²) in [5, 5.41) is 20.8. The van der Waals surface area contributed by atoms with Gasteiger partial charge >= 0.3 is 5.97 Å².